The molecule has 0 fully saturated rings. The van der Waals surface area contributed by atoms with Gasteiger partial charge in [0.05, 0.1) is 0 Å². The van der Waals surface area contributed by atoms with Crippen molar-refractivity contribution in [2.45, 2.75) is 13.0 Å². The van der Waals surface area contributed by atoms with Gasteiger partial charge in [-0.05, 0) is 40.8 Å². The summed E-state index contributed by atoms with van der Waals surface area (Å²) >= 11 is 0. The smallest absolute Gasteiger partial charge is 0.318 e. The van der Waals surface area contributed by atoms with Crippen LogP contribution in [0.15, 0.2) is 78.9 Å². The van der Waals surface area contributed by atoms with E-state index in [0.717, 1.165) is 22.4 Å². The standard InChI is InChI=1S/C23H20O5/c24-22(25)21(23(26)27)14-16-6-8-18(9-7-16)19-10-12-20(13-11-19)28-15-17-4-2-1-3-5-17/h1-13,21H,14-15H2,(H,24,25)(H,26,27). The SMILES string of the molecule is O=C(O)C(Cc1ccc(-c2ccc(OCc3ccccc3)cc2)cc1)C(=O)O. The van der Waals surface area contributed by atoms with Crippen LogP contribution in [0.2, 0.25) is 0 Å². The van der Waals surface area contributed by atoms with Crippen molar-refractivity contribution in [1.29, 1.82) is 0 Å². The second-order valence-corrected chi connectivity index (χ2v) is 6.43. The number of benzene rings is 3. The average molecular weight is 376 g/mol. The van der Waals surface area contributed by atoms with E-state index in [-0.39, 0.29) is 6.42 Å². The predicted molar refractivity (Wildman–Crippen MR) is 105 cm³/mol. The topological polar surface area (TPSA) is 83.8 Å². The highest BCUT2D eigenvalue weighted by Crippen LogP contribution is 2.24. The maximum absolute atomic E-state index is 11.0. The minimum Gasteiger partial charge on any atom is -0.489 e. The van der Waals surface area contributed by atoms with Crippen LogP contribution in [0.25, 0.3) is 11.1 Å². The summed E-state index contributed by atoms with van der Waals surface area (Å²) in [5.41, 5.74) is 3.72. The quantitative estimate of drug-likeness (QED) is 0.574. The third-order valence-electron chi connectivity index (χ3n) is 4.43. The first-order valence-electron chi connectivity index (χ1n) is 8.84. The molecule has 0 bridgehead atoms. The van der Waals surface area contributed by atoms with Gasteiger partial charge in [-0.15, -0.1) is 0 Å². The first-order valence-corrected chi connectivity index (χ1v) is 8.84. The summed E-state index contributed by atoms with van der Waals surface area (Å²) in [4.78, 5) is 22.0. The number of hydrogen-bond acceptors (Lipinski definition) is 3. The fraction of sp³-hybridized carbons (Fsp3) is 0.130. The van der Waals surface area contributed by atoms with Gasteiger partial charge in [-0.2, -0.15) is 0 Å². The second kappa shape index (κ2) is 8.86. The number of rotatable bonds is 8. The lowest BCUT2D eigenvalue weighted by atomic mass is 9.97. The van der Waals surface area contributed by atoms with Crippen molar-refractivity contribution in [1.82, 2.24) is 0 Å². The zero-order valence-corrected chi connectivity index (χ0v) is 15.1. The van der Waals surface area contributed by atoms with Crippen molar-refractivity contribution < 1.29 is 24.5 Å². The van der Waals surface area contributed by atoms with Crippen molar-refractivity contribution in [2.75, 3.05) is 0 Å². The number of ether oxygens (including phenoxy) is 1. The van der Waals surface area contributed by atoms with E-state index in [1.807, 2.05) is 66.7 Å². The predicted octanol–water partition coefficient (Wildman–Crippen LogP) is 4.26. The molecule has 0 atom stereocenters. The summed E-state index contributed by atoms with van der Waals surface area (Å²) in [5, 5.41) is 18.0. The molecule has 5 nitrogen and oxygen atoms in total. The fourth-order valence-corrected chi connectivity index (χ4v) is 2.83. The van der Waals surface area contributed by atoms with E-state index < -0.39 is 17.9 Å². The van der Waals surface area contributed by atoms with Crippen molar-refractivity contribution in [3.8, 4) is 16.9 Å². The van der Waals surface area contributed by atoms with Gasteiger partial charge in [0.1, 0.15) is 12.4 Å². The molecular formula is C23H20O5. The Morgan fingerprint density at radius 3 is 1.79 bits per heavy atom. The maximum atomic E-state index is 11.0. The summed E-state index contributed by atoms with van der Waals surface area (Å²) in [6.45, 7) is 0.503. The van der Waals surface area contributed by atoms with Crippen LogP contribution in [0.3, 0.4) is 0 Å². The lowest BCUT2D eigenvalue weighted by Crippen LogP contribution is -2.25. The number of carboxylic acid groups (broad SMARTS) is 2. The van der Waals surface area contributed by atoms with Crippen LogP contribution in [0.1, 0.15) is 11.1 Å². The Kier molecular flexibility index (Phi) is 6.07. The first kappa shape index (κ1) is 19.2. The van der Waals surface area contributed by atoms with Gasteiger partial charge in [-0.3, -0.25) is 9.59 Å². The van der Waals surface area contributed by atoms with Gasteiger partial charge in [-0.25, -0.2) is 0 Å². The van der Waals surface area contributed by atoms with Crippen LogP contribution >= 0.6 is 0 Å². The Morgan fingerprint density at radius 2 is 1.25 bits per heavy atom. The van der Waals surface area contributed by atoms with Crippen molar-refractivity contribution in [3.05, 3.63) is 90.0 Å². The summed E-state index contributed by atoms with van der Waals surface area (Å²) < 4.78 is 5.78. The highest BCUT2D eigenvalue weighted by Gasteiger charge is 2.25. The van der Waals surface area contributed by atoms with Gasteiger partial charge in [0, 0.05) is 0 Å². The van der Waals surface area contributed by atoms with Crippen molar-refractivity contribution >= 4 is 11.9 Å². The zero-order chi connectivity index (χ0) is 19.9. The average Bonchev–Trinajstić information content (AvgIpc) is 2.71. The lowest BCUT2D eigenvalue weighted by molar-refractivity contribution is -0.154. The number of hydrogen-bond donors (Lipinski definition) is 2. The van der Waals surface area contributed by atoms with Crippen LogP contribution < -0.4 is 4.74 Å². The highest BCUT2D eigenvalue weighted by molar-refractivity contribution is 5.93. The Hall–Kier alpha value is -3.60. The second-order valence-electron chi connectivity index (χ2n) is 6.43. The molecule has 5 heteroatoms. The van der Waals surface area contributed by atoms with Gasteiger partial charge in [0.15, 0.2) is 5.92 Å². The molecule has 0 saturated heterocycles. The Balaban J connectivity index is 1.63. The van der Waals surface area contributed by atoms with Gasteiger partial charge < -0.3 is 14.9 Å². The molecule has 0 unspecified atom stereocenters. The third kappa shape index (κ3) is 4.98. The Labute approximate surface area is 162 Å². The van der Waals surface area contributed by atoms with Crippen LogP contribution in [0.5, 0.6) is 5.75 Å². The molecule has 3 rings (SSSR count). The number of carboxylic acids is 2. The van der Waals surface area contributed by atoms with Gasteiger partial charge in [0.25, 0.3) is 0 Å². The summed E-state index contributed by atoms with van der Waals surface area (Å²) in [6.07, 6.45) is -0.0444. The molecule has 2 N–H and O–H groups in total. The molecule has 0 saturated carbocycles. The molecule has 142 valence electrons. The van der Waals surface area contributed by atoms with Gasteiger partial charge in [0.2, 0.25) is 0 Å². The van der Waals surface area contributed by atoms with Crippen molar-refractivity contribution in [2.24, 2.45) is 5.92 Å². The molecule has 28 heavy (non-hydrogen) atoms. The molecule has 0 aliphatic rings. The van der Waals surface area contributed by atoms with Crippen LogP contribution in [0, 0.1) is 5.92 Å². The Morgan fingerprint density at radius 1 is 0.714 bits per heavy atom. The monoisotopic (exact) mass is 376 g/mol. The first-order chi connectivity index (χ1) is 13.5. The maximum Gasteiger partial charge on any atom is 0.318 e. The normalized spacial score (nSPS) is 10.6. The van der Waals surface area contributed by atoms with Crippen LogP contribution in [0.4, 0.5) is 0 Å². The number of carbonyl (C=O) groups is 2. The van der Waals surface area contributed by atoms with E-state index in [2.05, 4.69) is 0 Å². The summed E-state index contributed by atoms with van der Waals surface area (Å²) in [7, 11) is 0. The molecule has 0 radical (unpaired) electrons. The van der Waals surface area contributed by atoms with E-state index in [9.17, 15) is 9.59 Å². The molecule has 0 aliphatic carbocycles. The van der Waals surface area contributed by atoms with E-state index in [0.29, 0.717) is 12.2 Å². The fourth-order valence-electron chi connectivity index (χ4n) is 2.83. The molecule has 0 spiro atoms. The minimum atomic E-state index is -1.44. The zero-order valence-electron chi connectivity index (χ0n) is 15.1. The molecule has 0 amide bonds. The van der Waals surface area contributed by atoms with Crippen LogP contribution in [-0.4, -0.2) is 22.2 Å². The van der Waals surface area contributed by atoms with E-state index in [1.165, 1.54) is 0 Å². The third-order valence-corrected chi connectivity index (χ3v) is 4.43. The molecule has 3 aromatic rings. The minimum absolute atomic E-state index is 0.0444. The Bertz CT molecular complexity index is 917. The van der Waals surface area contributed by atoms with Crippen molar-refractivity contribution in [3.63, 3.8) is 0 Å². The highest BCUT2D eigenvalue weighted by atomic mass is 16.5. The van der Waals surface area contributed by atoms with E-state index in [1.54, 1.807) is 12.1 Å². The van der Waals surface area contributed by atoms with Gasteiger partial charge in [-0.1, -0.05) is 66.7 Å². The largest absolute Gasteiger partial charge is 0.489 e. The molecule has 3 aromatic carbocycles. The molecular weight excluding hydrogens is 356 g/mol. The lowest BCUT2D eigenvalue weighted by Gasteiger charge is -2.09. The van der Waals surface area contributed by atoms with Gasteiger partial charge >= 0.3 is 11.9 Å². The molecule has 0 heterocycles. The van der Waals surface area contributed by atoms with E-state index in [4.69, 9.17) is 14.9 Å². The number of aliphatic carboxylic acids is 2. The molecule has 0 aliphatic heterocycles. The van der Waals surface area contributed by atoms with E-state index >= 15 is 0 Å². The van der Waals surface area contributed by atoms with Crippen LogP contribution in [-0.2, 0) is 22.6 Å². The summed E-state index contributed by atoms with van der Waals surface area (Å²) in [6, 6.07) is 24.9. The summed E-state index contributed by atoms with van der Waals surface area (Å²) in [5.74, 6) is -3.33. The molecule has 0 aromatic heterocycles.